The van der Waals surface area contributed by atoms with Gasteiger partial charge >= 0.3 is 5.97 Å². The molecule has 0 saturated carbocycles. The molecule has 0 aliphatic carbocycles. The molecule has 3 amide bonds. The van der Waals surface area contributed by atoms with Gasteiger partial charge in [-0.15, -0.1) is 0 Å². The first-order valence-corrected chi connectivity index (χ1v) is 18.0. The van der Waals surface area contributed by atoms with Crippen LogP contribution in [0.25, 0.3) is 0 Å². The Bertz CT molecular complexity index is 1540. The molecule has 0 radical (unpaired) electrons. The zero-order valence-corrected chi connectivity index (χ0v) is 30.9. The van der Waals surface area contributed by atoms with Crippen LogP contribution in [-0.4, -0.2) is 127 Å². The number of carbonyl (C=O) groups is 4. The molecule has 2 rings (SSSR count). The largest absolute Gasteiger partial charge is 0.479 e. The Balaban J connectivity index is 1.73. The fourth-order valence-corrected chi connectivity index (χ4v) is 5.33. The Morgan fingerprint density at radius 2 is 1.41 bits per heavy atom. The number of amides is 3. The molecule has 1 unspecified atom stereocenters. The first kappa shape index (κ1) is 46.0. The summed E-state index contributed by atoms with van der Waals surface area (Å²) in [6.07, 6.45) is -4.94. The van der Waals surface area contributed by atoms with Crippen LogP contribution in [0.3, 0.4) is 0 Å². The highest BCUT2D eigenvalue weighted by Crippen LogP contribution is 2.16. The molecule has 0 saturated heterocycles. The molecular formula is C35H51ClFN5O12. The van der Waals surface area contributed by atoms with E-state index in [2.05, 4.69) is 26.6 Å². The summed E-state index contributed by atoms with van der Waals surface area (Å²) in [7, 11) is 0. The zero-order valence-electron chi connectivity index (χ0n) is 30.1. The van der Waals surface area contributed by atoms with Crippen LogP contribution in [0.5, 0.6) is 0 Å². The van der Waals surface area contributed by atoms with E-state index in [1.807, 2.05) is 0 Å². The van der Waals surface area contributed by atoms with Crippen LogP contribution in [0, 0.1) is 0 Å². The SMILES string of the molecule is CC(=O)NCCOCCNc1c(NCCCCCCOC(C[C@H](O)[C@H](C[C@H](O)[C@H](O)CNC(=O)Cc2ccc(Cl)cc2)NC(=O)CF)C(=O)O)c(=O)c1=O. The lowest BCUT2D eigenvalue weighted by Crippen LogP contribution is -2.50. The molecule has 0 aliphatic rings. The number of anilines is 2. The van der Waals surface area contributed by atoms with Crippen LogP contribution in [-0.2, 0) is 35.1 Å². The van der Waals surface area contributed by atoms with E-state index in [0.29, 0.717) is 62.5 Å². The normalized spacial score (nSPS) is 14.0. The lowest BCUT2D eigenvalue weighted by Gasteiger charge is -2.29. The standard InChI is InChI=1S/C35H51ClFN5O12/c1-21(43)38-11-14-53-15-12-40-32-31(33(49)34(32)50)39-10-4-2-3-5-13-54-28(35(51)52)18-25(44)24(42-30(48)19-37)17-26(45)27(46)20-41-29(47)16-22-6-8-23(36)9-7-22/h6-9,24-28,39-40,44-46H,2-5,10-20H2,1H3,(H,38,43)(H,41,47)(H,42,48)(H,51,52)/t24-,25-,26-,27+,28?/m0/s1. The number of hydrogen-bond acceptors (Lipinski definition) is 13. The van der Waals surface area contributed by atoms with Crippen molar-refractivity contribution in [3.63, 3.8) is 0 Å². The van der Waals surface area contributed by atoms with E-state index in [-0.39, 0.29) is 43.5 Å². The number of alkyl halides is 1. The molecule has 0 bridgehead atoms. The maximum Gasteiger partial charge on any atom is 0.332 e. The highest BCUT2D eigenvalue weighted by Gasteiger charge is 2.32. The summed E-state index contributed by atoms with van der Waals surface area (Å²) >= 11 is 5.84. The molecule has 17 nitrogen and oxygen atoms in total. The van der Waals surface area contributed by atoms with Crippen LogP contribution in [0.4, 0.5) is 15.8 Å². The molecule has 54 heavy (non-hydrogen) atoms. The summed E-state index contributed by atoms with van der Waals surface area (Å²) in [6.45, 7) is 1.21. The number of nitrogens with one attached hydrogen (secondary N) is 5. The van der Waals surface area contributed by atoms with Gasteiger partial charge < -0.3 is 56.5 Å². The highest BCUT2D eigenvalue weighted by atomic mass is 35.5. The van der Waals surface area contributed by atoms with Gasteiger partial charge in [0.15, 0.2) is 12.8 Å². The molecule has 9 N–H and O–H groups in total. The number of rotatable bonds is 29. The van der Waals surface area contributed by atoms with Crippen LogP contribution >= 0.6 is 11.6 Å². The second kappa shape index (κ2) is 25.0. The molecule has 0 aliphatic heterocycles. The maximum absolute atomic E-state index is 13.0. The van der Waals surface area contributed by atoms with Crippen molar-refractivity contribution < 1.29 is 53.5 Å². The Morgan fingerprint density at radius 1 is 0.778 bits per heavy atom. The minimum absolute atomic E-state index is 0.00870. The van der Waals surface area contributed by atoms with E-state index in [1.54, 1.807) is 24.3 Å². The van der Waals surface area contributed by atoms with E-state index in [4.69, 9.17) is 21.1 Å². The average Bonchev–Trinajstić information content (AvgIpc) is 3.14. The number of carbonyl (C=O) groups excluding carboxylic acids is 3. The predicted octanol–water partition coefficient (Wildman–Crippen LogP) is -0.381. The monoisotopic (exact) mass is 787 g/mol. The fraction of sp³-hybridized carbons (Fsp3) is 0.600. The van der Waals surface area contributed by atoms with Crippen molar-refractivity contribution in [2.75, 3.05) is 63.3 Å². The number of carboxylic acid groups (broad SMARTS) is 1. The number of aliphatic hydroxyl groups excluding tert-OH is 3. The number of hydrogen-bond donors (Lipinski definition) is 9. The molecule has 0 heterocycles. The van der Waals surface area contributed by atoms with E-state index >= 15 is 0 Å². The van der Waals surface area contributed by atoms with Crippen molar-refractivity contribution in [3.05, 3.63) is 55.3 Å². The first-order chi connectivity index (χ1) is 25.7. The molecule has 302 valence electrons. The number of carboxylic acids is 1. The predicted molar refractivity (Wildman–Crippen MR) is 197 cm³/mol. The van der Waals surface area contributed by atoms with Crippen molar-refractivity contribution in [2.24, 2.45) is 0 Å². The van der Waals surface area contributed by atoms with Crippen molar-refractivity contribution in [3.8, 4) is 0 Å². The third kappa shape index (κ3) is 17.3. The second-order valence-corrected chi connectivity index (χ2v) is 13.0. The van der Waals surface area contributed by atoms with Crippen molar-refractivity contribution in [1.82, 2.24) is 16.0 Å². The van der Waals surface area contributed by atoms with Crippen molar-refractivity contribution in [2.45, 2.75) is 82.3 Å². The molecule has 0 spiro atoms. The van der Waals surface area contributed by atoms with Gasteiger partial charge in [0.25, 0.3) is 16.8 Å². The summed E-state index contributed by atoms with van der Waals surface area (Å²) < 4.78 is 23.8. The topological polar surface area (TPSA) is 262 Å². The van der Waals surface area contributed by atoms with E-state index in [0.717, 1.165) is 0 Å². The van der Waals surface area contributed by atoms with Gasteiger partial charge in [-0.1, -0.05) is 36.6 Å². The Hall–Kier alpha value is -4.20. The van der Waals surface area contributed by atoms with Crippen molar-refractivity contribution >= 4 is 46.7 Å². The van der Waals surface area contributed by atoms with Gasteiger partial charge in [0, 0.05) is 51.2 Å². The molecule has 2 aromatic rings. The van der Waals surface area contributed by atoms with Gasteiger partial charge in [-0.25, -0.2) is 9.18 Å². The lowest BCUT2D eigenvalue weighted by atomic mass is 9.96. The summed E-state index contributed by atoms with van der Waals surface area (Å²) in [5.41, 5.74) is -0.196. The van der Waals surface area contributed by atoms with Crippen LogP contribution in [0.2, 0.25) is 5.02 Å². The lowest BCUT2D eigenvalue weighted by molar-refractivity contribution is -0.153. The van der Waals surface area contributed by atoms with Gasteiger partial charge in [-0.05, 0) is 37.0 Å². The molecule has 5 atom stereocenters. The third-order valence-corrected chi connectivity index (χ3v) is 8.41. The van der Waals surface area contributed by atoms with Gasteiger partial charge in [-0.2, -0.15) is 0 Å². The number of halogens is 2. The van der Waals surface area contributed by atoms with Crippen LogP contribution < -0.4 is 37.4 Å². The van der Waals surface area contributed by atoms with E-state index in [9.17, 15) is 53.6 Å². The van der Waals surface area contributed by atoms with Crippen LogP contribution in [0.1, 0.15) is 51.0 Å². The van der Waals surface area contributed by atoms with Crippen molar-refractivity contribution in [1.29, 1.82) is 0 Å². The Morgan fingerprint density at radius 3 is 2.04 bits per heavy atom. The van der Waals surface area contributed by atoms with Crippen LogP contribution in [0.15, 0.2) is 33.9 Å². The minimum Gasteiger partial charge on any atom is -0.479 e. The Labute approximate surface area is 316 Å². The third-order valence-electron chi connectivity index (χ3n) is 8.16. The number of ether oxygens (including phenoxy) is 2. The summed E-state index contributed by atoms with van der Waals surface area (Å²) in [5.74, 6) is -3.15. The summed E-state index contributed by atoms with van der Waals surface area (Å²) in [4.78, 5) is 70.7. The van der Waals surface area contributed by atoms with E-state index in [1.165, 1.54) is 6.92 Å². The summed E-state index contributed by atoms with van der Waals surface area (Å²) in [5, 5.41) is 55.0. The molecule has 2 aromatic carbocycles. The minimum atomic E-state index is -1.62. The molecule has 19 heteroatoms. The number of benzene rings is 1. The van der Waals surface area contributed by atoms with E-state index < -0.39 is 78.6 Å². The number of aliphatic carboxylic acids is 1. The zero-order chi connectivity index (χ0) is 40.0. The fourth-order valence-electron chi connectivity index (χ4n) is 5.20. The maximum atomic E-state index is 13.0. The van der Waals surface area contributed by atoms with Gasteiger partial charge in [-0.3, -0.25) is 24.0 Å². The average molecular weight is 788 g/mol. The first-order valence-electron chi connectivity index (χ1n) is 17.6. The number of aliphatic hydroxyl groups is 3. The quantitative estimate of drug-likeness (QED) is 0.0376. The smallest absolute Gasteiger partial charge is 0.332 e. The molecule has 0 aromatic heterocycles. The highest BCUT2D eigenvalue weighted by molar-refractivity contribution is 6.30. The van der Waals surface area contributed by atoms with Gasteiger partial charge in [0.2, 0.25) is 11.8 Å². The van der Waals surface area contributed by atoms with Gasteiger partial charge in [0.05, 0.1) is 44.0 Å². The molecule has 0 fully saturated rings. The number of unbranched alkanes of at least 4 members (excludes halogenated alkanes) is 3. The molecular weight excluding hydrogens is 737 g/mol. The Kier molecular flexibility index (Phi) is 21.3. The summed E-state index contributed by atoms with van der Waals surface area (Å²) in [6, 6.07) is 5.17. The second-order valence-electron chi connectivity index (χ2n) is 12.6. The van der Waals surface area contributed by atoms with Gasteiger partial charge in [0.1, 0.15) is 11.4 Å².